The van der Waals surface area contributed by atoms with Crippen LogP contribution in [0.5, 0.6) is 0 Å². The lowest BCUT2D eigenvalue weighted by Gasteiger charge is -2.29. The first-order valence-corrected chi connectivity index (χ1v) is 12.0. The molecule has 1 unspecified atom stereocenters. The molecule has 9 nitrogen and oxygen atoms in total. The third-order valence-electron chi connectivity index (χ3n) is 4.96. The number of esters is 1. The first-order chi connectivity index (χ1) is 16.2. The van der Waals surface area contributed by atoms with Gasteiger partial charge in [-0.05, 0) is 24.6 Å². The van der Waals surface area contributed by atoms with Crippen LogP contribution < -0.4 is 5.32 Å². The third-order valence-corrected chi connectivity index (χ3v) is 7.10. The highest BCUT2D eigenvalue weighted by molar-refractivity contribution is 8.01. The van der Waals surface area contributed by atoms with E-state index in [-0.39, 0.29) is 6.61 Å². The molecule has 1 aliphatic rings. The summed E-state index contributed by atoms with van der Waals surface area (Å²) >= 11 is 3.01. The minimum Gasteiger partial charge on any atom is -0.463 e. The van der Waals surface area contributed by atoms with Crippen molar-refractivity contribution < 1.29 is 9.53 Å². The summed E-state index contributed by atoms with van der Waals surface area (Å²) in [6.07, 6.45) is 4.85. The Hall–Kier alpha value is -3.57. The summed E-state index contributed by atoms with van der Waals surface area (Å²) in [5, 5.41) is 17.1. The van der Waals surface area contributed by atoms with E-state index in [4.69, 9.17) is 4.74 Å². The van der Waals surface area contributed by atoms with Gasteiger partial charge in [-0.1, -0.05) is 53.4 Å². The van der Waals surface area contributed by atoms with Crippen LogP contribution >= 0.6 is 23.1 Å². The summed E-state index contributed by atoms with van der Waals surface area (Å²) in [6, 6.07) is 13.2. The van der Waals surface area contributed by atoms with Gasteiger partial charge in [0.15, 0.2) is 4.34 Å². The van der Waals surface area contributed by atoms with E-state index in [9.17, 15) is 4.79 Å². The lowest BCUT2D eigenvalue weighted by Crippen LogP contribution is -2.31. The average Bonchev–Trinajstić information content (AvgIpc) is 3.52. The Bertz CT molecular complexity index is 1290. The maximum Gasteiger partial charge on any atom is 0.338 e. The Morgan fingerprint density at radius 3 is 2.79 bits per heavy atom. The SMILES string of the molecule is CCOC(=O)C1=C(CSc2nnc(-c3ccccc3)s2)Nc2ncnn2C1c1ccncc1. The minimum absolute atomic E-state index is 0.271. The second kappa shape index (κ2) is 9.51. The largest absolute Gasteiger partial charge is 0.463 e. The molecule has 0 bridgehead atoms. The van der Waals surface area contributed by atoms with E-state index in [0.29, 0.717) is 23.0 Å². The molecule has 0 amide bonds. The van der Waals surface area contributed by atoms with Crippen molar-refractivity contribution in [3.8, 4) is 10.6 Å². The molecule has 166 valence electrons. The second-order valence-corrected chi connectivity index (χ2v) is 9.18. The fourth-order valence-corrected chi connectivity index (χ4v) is 5.35. The third kappa shape index (κ3) is 4.37. The smallest absolute Gasteiger partial charge is 0.338 e. The van der Waals surface area contributed by atoms with E-state index in [1.165, 1.54) is 29.4 Å². The fraction of sp³-hybridized carbons (Fsp3) is 0.182. The van der Waals surface area contributed by atoms with Gasteiger partial charge in [0, 0.05) is 29.4 Å². The zero-order valence-corrected chi connectivity index (χ0v) is 19.2. The quantitative estimate of drug-likeness (QED) is 0.314. The summed E-state index contributed by atoms with van der Waals surface area (Å²) < 4.78 is 7.91. The van der Waals surface area contributed by atoms with Gasteiger partial charge in [-0.15, -0.1) is 10.2 Å². The molecule has 0 fully saturated rings. The zero-order chi connectivity index (χ0) is 22.6. The number of fused-ring (bicyclic) bond motifs is 1. The van der Waals surface area contributed by atoms with Gasteiger partial charge in [-0.3, -0.25) is 4.98 Å². The number of aromatic nitrogens is 6. The first-order valence-electron chi connectivity index (χ1n) is 10.2. The Morgan fingerprint density at radius 2 is 2.00 bits per heavy atom. The van der Waals surface area contributed by atoms with E-state index in [0.717, 1.165) is 20.5 Å². The van der Waals surface area contributed by atoms with Crippen molar-refractivity contribution in [1.29, 1.82) is 0 Å². The first kappa shape index (κ1) is 21.3. The van der Waals surface area contributed by atoms with Gasteiger partial charge in [0.05, 0.1) is 12.2 Å². The van der Waals surface area contributed by atoms with Gasteiger partial charge >= 0.3 is 5.97 Å². The molecule has 0 saturated carbocycles. The van der Waals surface area contributed by atoms with Crippen LogP contribution in [0.15, 0.2) is 76.8 Å². The fourth-order valence-electron chi connectivity index (χ4n) is 3.53. The van der Waals surface area contributed by atoms with E-state index in [2.05, 4.69) is 30.6 Å². The maximum absolute atomic E-state index is 13.1. The standard InChI is InChI=1S/C22H19N7O2S2/c1-2-31-20(30)17-16(12-32-22-28-27-19(33-22)15-6-4-3-5-7-15)26-21-24-13-25-29(21)18(17)14-8-10-23-11-9-14/h3-11,13,18H,2,12H2,1H3,(H,24,25,26). The minimum atomic E-state index is -0.476. The Labute approximate surface area is 198 Å². The molecule has 4 heterocycles. The van der Waals surface area contributed by atoms with Crippen LogP contribution in [0, 0.1) is 0 Å². The van der Waals surface area contributed by atoms with Crippen LogP contribution in [0.4, 0.5) is 5.95 Å². The van der Waals surface area contributed by atoms with Gasteiger partial charge < -0.3 is 10.1 Å². The van der Waals surface area contributed by atoms with E-state index < -0.39 is 12.0 Å². The van der Waals surface area contributed by atoms with Crippen LogP contribution in [-0.4, -0.2) is 48.3 Å². The van der Waals surface area contributed by atoms with Crippen molar-refractivity contribution >= 4 is 35.0 Å². The lowest BCUT2D eigenvalue weighted by molar-refractivity contribution is -0.139. The topological polar surface area (TPSA) is 108 Å². The Balaban J connectivity index is 1.48. The summed E-state index contributed by atoms with van der Waals surface area (Å²) in [4.78, 5) is 21.5. The van der Waals surface area contributed by atoms with Crippen LogP contribution in [0.1, 0.15) is 18.5 Å². The molecule has 4 aromatic rings. The van der Waals surface area contributed by atoms with Gasteiger partial charge in [0.2, 0.25) is 5.95 Å². The average molecular weight is 478 g/mol. The van der Waals surface area contributed by atoms with Crippen LogP contribution in [0.25, 0.3) is 10.6 Å². The van der Waals surface area contributed by atoms with Crippen molar-refractivity contribution in [3.63, 3.8) is 0 Å². The van der Waals surface area contributed by atoms with Crippen molar-refractivity contribution in [3.05, 3.63) is 78.0 Å². The number of rotatable bonds is 7. The number of thioether (sulfide) groups is 1. The number of anilines is 1. The van der Waals surface area contributed by atoms with Crippen LogP contribution in [0.3, 0.4) is 0 Å². The van der Waals surface area contributed by atoms with E-state index in [1.54, 1.807) is 24.0 Å². The molecule has 33 heavy (non-hydrogen) atoms. The summed E-state index contributed by atoms with van der Waals surface area (Å²) in [5.74, 6) is 0.625. The Morgan fingerprint density at radius 1 is 1.18 bits per heavy atom. The van der Waals surface area contributed by atoms with Crippen molar-refractivity contribution in [2.75, 3.05) is 17.7 Å². The number of carbonyl (C=O) groups excluding carboxylic acids is 1. The maximum atomic E-state index is 13.1. The molecule has 0 spiro atoms. The molecule has 5 rings (SSSR count). The number of ether oxygens (including phenoxy) is 1. The molecule has 3 aromatic heterocycles. The molecule has 0 radical (unpaired) electrons. The molecule has 11 heteroatoms. The predicted octanol–water partition coefficient (Wildman–Crippen LogP) is 3.82. The lowest BCUT2D eigenvalue weighted by atomic mass is 9.96. The van der Waals surface area contributed by atoms with Gasteiger partial charge in [-0.2, -0.15) is 10.1 Å². The molecular formula is C22H19N7O2S2. The molecule has 0 saturated heterocycles. The predicted molar refractivity (Wildman–Crippen MR) is 126 cm³/mol. The monoisotopic (exact) mass is 477 g/mol. The Kier molecular flexibility index (Phi) is 6.13. The molecule has 1 aliphatic heterocycles. The highest BCUT2D eigenvalue weighted by Crippen LogP contribution is 2.38. The number of carbonyl (C=O) groups is 1. The van der Waals surface area contributed by atoms with Crippen LogP contribution in [-0.2, 0) is 9.53 Å². The van der Waals surface area contributed by atoms with Gasteiger partial charge in [0.1, 0.15) is 17.4 Å². The van der Waals surface area contributed by atoms with E-state index in [1.807, 2.05) is 42.5 Å². The molecule has 1 aromatic carbocycles. The molecule has 1 N–H and O–H groups in total. The number of nitrogens with zero attached hydrogens (tertiary/aromatic N) is 6. The normalized spacial score (nSPS) is 15.1. The molecule has 0 aliphatic carbocycles. The number of pyridine rings is 1. The molecule has 1 atom stereocenters. The summed E-state index contributed by atoms with van der Waals surface area (Å²) in [7, 11) is 0. The zero-order valence-electron chi connectivity index (χ0n) is 17.6. The number of nitrogens with one attached hydrogen (secondary N) is 1. The van der Waals surface area contributed by atoms with Crippen molar-refractivity contribution in [1.82, 2.24) is 29.9 Å². The molecular weight excluding hydrogens is 458 g/mol. The van der Waals surface area contributed by atoms with Gasteiger partial charge in [0.25, 0.3) is 0 Å². The summed E-state index contributed by atoms with van der Waals surface area (Å²) in [6.45, 7) is 2.06. The number of hydrogen-bond acceptors (Lipinski definition) is 10. The summed E-state index contributed by atoms with van der Waals surface area (Å²) in [5.41, 5.74) is 3.08. The van der Waals surface area contributed by atoms with Crippen molar-refractivity contribution in [2.45, 2.75) is 17.3 Å². The van der Waals surface area contributed by atoms with Gasteiger partial charge in [-0.25, -0.2) is 9.48 Å². The number of hydrogen-bond donors (Lipinski definition) is 1. The highest BCUT2D eigenvalue weighted by Gasteiger charge is 2.35. The van der Waals surface area contributed by atoms with Crippen molar-refractivity contribution in [2.24, 2.45) is 0 Å². The van der Waals surface area contributed by atoms with Crippen LogP contribution in [0.2, 0.25) is 0 Å². The second-order valence-electron chi connectivity index (χ2n) is 6.98. The van der Waals surface area contributed by atoms with E-state index >= 15 is 0 Å². The highest BCUT2D eigenvalue weighted by atomic mass is 32.2. The number of benzene rings is 1.